The van der Waals surface area contributed by atoms with Crippen molar-refractivity contribution >= 4 is 17.3 Å². The second kappa shape index (κ2) is 3.75. The Kier molecular flexibility index (Phi) is 2.06. The van der Waals surface area contributed by atoms with Gasteiger partial charge in [0.1, 0.15) is 5.76 Å². The van der Waals surface area contributed by atoms with Crippen LogP contribution in [0.4, 0.5) is 0 Å². The maximum Gasteiger partial charge on any atom is 0.116 e. The molecule has 2 heteroatoms. The van der Waals surface area contributed by atoms with Crippen molar-refractivity contribution in [1.82, 2.24) is 4.90 Å². The highest BCUT2D eigenvalue weighted by Crippen LogP contribution is 2.19. The van der Waals surface area contributed by atoms with Crippen molar-refractivity contribution in [2.75, 3.05) is 6.54 Å². The number of fused-ring (bicyclic) bond motifs is 1. The smallest absolute Gasteiger partial charge is 0.116 e. The van der Waals surface area contributed by atoms with Gasteiger partial charge >= 0.3 is 0 Å². The third-order valence-corrected chi connectivity index (χ3v) is 3.73. The number of hydrogen-bond donors (Lipinski definition) is 1. The van der Waals surface area contributed by atoms with E-state index in [2.05, 4.69) is 41.5 Å². The van der Waals surface area contributed by atoms with Crippen molar-refractivity contribution in [3.05, 3.63) is 76.5 Å². The highest BCUT2D eigenvalue weighted by atomic mass is 16.3. The molecule has 0 radical (unpaired) electrons. The number of aliphatic hydroxyl groups excluding tert-OH is 1. The minimum absolute atomic E-state index is 0.310. The molecule has 0 amide bonds. The van der Waals surface area contributed by atoms with Gasteiger partial charge in [0.05, 0.1) is 0 Å². The molecule has 3 aliphatic rings. The van der Waals surface area contributed by atoms with Crippen LogP contribution in [0.5, 0.6) is 0 Å². The van der Waals surface area contributed by atoms with Gasteiger partial charge in [-0.25, -0.2) is 0 Å². The highest BCUT2D eigenvalue weighted by Gasteiger charge is 2.17. The highest BCUT2D eigenvalue weighted by molar-refractivity contribution is 5.75. The summed E-state index contributed by atoms with van der Waals surface area (Å²) in [5.41, 5.74) is 3.56. The van der Waals surface area contributed by atoms with E-state index in [1.54, 1.807) is 6.08 Å². The number of aliphatic hydroxyl groups is 1. The van der Waals surface area contributed by atoms with E-state index in [-0.39, 0.29) is 0 Å². The van der Waals surface area contributed by atoms with Gasteiger partial charge < -0.3 is 10.0 Å². The van der Waals surface area contributed by atoms with Gasteiger partial charge in [0.25, 0.3) is 0 Å². The molecule has 0 unspecified atom stereocenters. The molecule has 0 fully saturated rings. The largest absolute Gasteiger partial charge is 0.508 e. The lowest BCUT2D eigenvalue weighted by molar-refractivity contribution is 0.438. The van der Waals surface area contributed by atoms with E-state index < -0.39 is 0 Å². The summed E-state index contributed by atoms with van der Waals surface area (Å²) >= 11 is 0. The number of benzene rings is 1. The molecule has 0 bridgehead atoms. The summed E-state index contributed by atoms with van der Waals surface area (Å²) in [5, 5.41) is 12.3. The van der Waals surface area contributed by atoms with Gasteiger partial charge in [-0.3, -0.25) is 0 Å². The van der Waals surface area contributed by atoms with Crippen molar-refractivity contribution in [2.24, 2.45) is 0 Å². The molecule has 2 nitrogen and oxygen atoms in total. The van der Waals surface area contributed by atoms with Gasteiger partial charge in [0.15, 0.2) is 0 Å². The second-order valence-electron chi connectivity index (χ2n) is 4.91. The first-order chi connectivity index (χ1) is 9.33. The molecule has 1 aromatic rings. The number of nitrogens with zero attached hydrogens (tertiary/aromatic N) is 1. The Bertz CT molecular complexity index is 806. The zero-order valence-corrected chi connectivity index (χ0v) is 10.4. The van der Waals surface area contributed by atoms with Crippen molar-refractivity contribution in [3.8, 4) is 0 Å². The van der Waals surface area contributed by atoms with Crippen LogP contribution in [0.3, 0.4) is 0 Å². The molecule has 0 aromatic heterocycles. The van der Waals surface area contributed by atoms with Crippen LogP contribution in [-0.2, 0) is 0 Å². The Morgan fingerprint density at radius 2 is 2.00 bits per heavy atom. The van der Waals surface area contributed by atoms with Crippen LogP contribution < -0.4 is 10.4 Å². The Morgan fingerprint density at radius 3 is 2.95 bits per heavy atom. The van der Waals surface area contributed by atoms with E-state index in [0.717, 1.165) is 12.1 Å². The van der Waals surface area contributed by atoms with Crippen molar-refractivity contribution < 1.29 is 5.11 Å². The predicted octanol–water partition coefficient (Wildman–Crippen LogP) is 1.81. The van der Waals surface area contributed by atoms with Gasteiger partial charge in [0.2, 0.25) is 0 Å². The first-order valence-corrected chi connectivity index (χ1v) is 6.40. The molecule has 0 saturated carbocycles. The van der Waals surface area contributed by atoms with Crippen LogP contribution in [0.2, 0.25) is 0 Å². The number of allylic oxidation sites excluding steroid dienone is 3. The van der Waals surface area contributed by atoms with Gasteiger partial charge in [-0.2, -0.15) is 0 Å². The Labute approximate surface area is 111 Å². The van der Waals surface area contributed by atoms with Gasteiger partial charge in [0, 0.05) is 23.7 Å². The van der Waals surface area contributed by atoms with Crippen molar-refractivity contribution in [1.29, 1.82) is 0 Å². The SMILES string of the molecule is OC1=Cc2cccc3c2=C(C=C1)CN1C=CC=CC=31. The first-order valence-electron chi connectivity index (χ1n) is 6.40. The molecule has 92 valence electrons. The molecule has 1 aromatic carbocycles. The lowest BCUT2D eigenvalue weighted by Gasteiger charge is -2.28. The monoisotopic (exact) mass is 247 g/mol. The van der Waals surface area contributed by atoms with Crippen LogP contribution in [0, 0.1) is 0 Å². The fourth-order valence-electron chi connectivity index (χ4n) is 2.91. The number of hydrogen-bond acceptors (Lipinski definition) is 2. The molecule has 0 spiro atoms. The normalized spacial score (nSPS) is 18.9. The lowest BCUT2D eigenvalue weighted by atomic mass is 9.99. The van der Waals surface area contributed by atoms with Crippen LogP contribution in [0.25, 0.3) is 17.3 Å². The summed E-state index contributed by atoms with van der Waals surface area (Å²) in [7, 11) is 0. The topological polar surface area (TPSA) is 23.5 Å². The molecule has 1 aliphatic carbocycles. The van der Waals surface area contributed by atoms with Crippen LogP contribution in [-0.4, -0.2) is 16.6 Å². The molecule has 2 heterocycles. The van der Waals surface area contributed by atoms with Crippen LogP contribution in [0.1, 0.15) is 5.56 Å². The summed E-state index contributed by atoms with van der Waals surface area (Å²) < 4.78 is 0. The Hall–Kier alpha value is -2.48. The van der Waals surface area contributed by atoms with E-state index in [4.69, 9.17) is 0 Å². The molecule has 0 atom stereocenters. The van der Waals surface area contributed by atoms with E-state index in [0.29, 0.717) is 5.76 Å². The van der Waals surface area contributed by atoms with Crippen LogP contribution >= 0.6 is 0 Å². The number of rotatable bonds is 0. The first kappa shape index (κ1) is 10.4. The summed E-state index contributed by atoms with van der Waals surface area (Å²) in [6.07, 6.45) is 14.0. The molecule has 1 N–H and O–H groups in total. The fraction of sp³-hybridized carbons (Fsp3) is 0.0588. The molecule has 0 saturated heterocycles. The van der Waals surface area contributed by atoms with E-state index in [9.17, 15) is 5.11 Å². The van der Waals surface area contributed by atoms with Crippen molar-refractivity contribution in [3.63, 3.8) is 0 Å². The summed E-state index contributed by atoms with van der Waals surface area (Å²) in [6.45, 7) is 0.845. The third-order valence-electron chi connectivity index (χ3n) is 3.73. The third kappa shape index (κ3) is 1.50. The Balaban J connectivity index is 2.19. The summed E-state index contributed by atoms with van der Waals surface area (Å²) in [6, 6.07) is 6.25. The minimum Gasteiger partial charge on any atom is -0.508 e. The molecular formula is C17H13NO. The standard InChI is InChI=1S/C17H13NO/c19-14-8-7-13-11-18-9-2-1-6-16(18)15-5-3-4-12(10-14)17(13)15/h1-10,19H,11H2. The average molecular weight is 247 g/mol. The van der Waals surface area contributed by atoms with Crippen molar-refractivity contribution in [2.45, 2.75) is 0 Å². The van der Waals surface area contributed by atoms with Gasteiger partial charge in [-0.1, -0.05) is 30.4 Å². The second-order valence-corrected chi connectivity index (χ2v) is 4.91. The van der Waals surface area contributed by atoms with Gasteiger partial charge in [-0.05, 0) is 40.7 Å². The minimum atomic E-state index is 0.310. The van der Waals surface area contributed by atoms with E-state index >= 15 is 0 Å². The average Bonchev–Trinajstić information content (AvgIpc) is 2.60. The summed E-state index contributed by atoms with van der Waals surface area (Å²) in [5.74, 6) is 0.310. The lowest BCUT2D eigenvalue weighted by Crippen LogP contribution is -2.41. The molecule has 19 heavy (non-hydrogen) atoms. The van der Waals surface area contributed by atoms with E-state index in [1.165, 1.54) is 21.7 Å². The van der Waals surface area contributed by atoms with Crippen LogP contribution in [0.15, 0.2) is 60.5 Å². The molecule has 2 aliphatic heterocycles. The van der Waals surface area contributed by atoms with Gasteiger partial charge in [-0.15, -0.1) is 0 Å². The quantitative estimate of drug-likeness (QED) is 0.756. The zero-order valence-electron chi connectivity index (χ0n) is 10.4. The summed E-state index contributed by atoms with van der Waals surface area (Å²) in [4.78, 5) is 2.24. The van der Waals surface area contributed by atoms with E-state index in [1.807, 2.05) is 18.2 Å². The zero-order chi connectivity index (χ0) is 12.8. The molecule has 4 rings (SSSR count). The Morgan fingerprint density at radius 1 is 1.05 bits per heavy atom. The molecular weight excluding hydrogens is 234 g/mol. The predicted molar refractivity (Wildman–Crippen MR) is 77.2 cm³/mol. The maximum absolute atomic E-state index is 9.83. The fourth-order valence-corrected chi connectivity index (χ4v) is 2.91. The maximum atomic E-state index is 9.83.